The van der Waals surface area contributed by atoms with Crippen LogP contribution in [0.2, 0.25) is 0 Å². The maximum absolute atomic E-state index is 12.0. The molecule has 0 aliphatic carbocycles. The van der Waals surface area contributed by atoms with E-state index in [4.69, 9.17) is 9.47 Å². The Morgan fingerprint density at radius 2 is 1.88 bits per heavy atom. The van der Waals surface area contributed by atoms with E-state index < -0.39 is 17.4 Å². The molecule has 0 amide bonds. The van der Waals surface area contributed by atoms with Gasteiger partial charge in [0.05, 0.1) is 17.5 Å². The summed E-state index contributed by atoms with van der Waals surface area (Å²) in [6.07, 6.45) is 0. The Morgan fingerprint density at radius 3 is 2.62 bits per heavy atom. The van der Waals surface area contributed by atoms with Crippen molar-refractivity contribution in [3.05, 3.63) is 75.1 Å². The smallest absolute Gasteiger partial charge is 0.422 e. The minimum absolute atomic E-state index is 0.181. The summed E-state index contributed by atoms with van der Waals surface area (Å²) < 4.78 is 16.3. The van der Waals surface area contributed by atoms with Crippen LogP contribution in [0.15, 0.2) is 62.5 Å². The third-order valence-corrected chi connectivity index (χ3v) is 3.72. The second-order valence-electron chi connectivity index (χ2n) is 5.50. The lowest BCUT2D eigenvalue weighted by atomic mass is 10.2. The number of aromatic nitrogens is 1. The molecule has 26 heavy (non-hydrogen) atoms. The molecule has 0 spiro atoms. The van der Waals surface area contributed by atoms with Crippen LogP contribution in [0.4, 0.5) is 0 Å². The maximum Gasteiger partial charge on any atom is 0.422 e. The third-order valence-electron chi connectivity index (χ3n) is 3.72. The number of rotatable bonds is 6. The Balaban J connectivity index is 1.96. The van der Waals surface area contributed by atoms with Gasteiger partial charge in [-0.3, -0.25) is 9.36 Å². The van der Waals surface area contributed by atoms with Crippen LogP contribution in [0.25, 0.3) is 10.9 Å². The zero-order valence-corrected chi connectivity index (χ0v) is 14.1. The second-order valence-corrected chi connectivity index (χ2v) is 5.50. The molecule has 0 aliphatic rings. The molecule has 0 N–H and O–H groups in total. The van der Waals surface area contributed by atoms with Crippen molar-refractivity contribution in [2.75, 3.05) is 6.61 Å². The molecule has 3 rings (SSSR count). The van der Waals surface area contributed by atoms with Crippen molar-refractivity contribution in [2.24, 2.45) is 0 Å². The van der Waals surface area contributed by atoms with Gasteiger partial charge in [0.2, 0.25) is 0 Å². The Morgan fingerprint density at radius 1 is 1.12 bits per heavy atom. The zero-order valence-electron chi connectivity index (χ0n) is 14.1. The lowest BCUT2D eigenvalue weighted by Gasteiger charge is -2.10. The fourth-order valence-electron chi connectivity index (χ4n) is 2.51. The Kier molecular flexibility index (Phi) is 5.17. The minimum atomic E-state index is -0.921. The second kappa shape index (κ2) is 7.69. The summed E-state index contributed by atoms with van der Waals surface area (Å²) in [4.78, 5) is 35.7. The molecule has 0 bridgehead atoms. The predicted octanol–water partition coefficient (Wildman–Crippen LogP) is 2.10. The van der Waals surface area contributed by atoms with Gasteiger partial charge in [-0.25, -0.2) is 9.59 Å². The monoisotopic (exact) mass is 355 g/mol. The first-order valence-electron chi connectivity index (χ1n) is 8.08. The van der Waals surface area contributed by atoms with E-state index in [1.807, 2.05) is 30.3 Å². The quantitative estimate of drug-likeness (QED) is 0.629. The van der Waals surface area contributed by atoms with Crippen LogP contribution in [0.3, 0.4) is 0 Å². The largest absolute Gasteiger partial charge is 0.489 e. The molecule has 1 aromatic heterocycles. The summed E-state index contributed by atoms with van der Waals surface area (Å²) in [6, 6.07) is 14.2. The highest BCUT2D eigenvalue weighted by Crippen LogP contribution is 2.19. The molecule has 7 nitrogen and oxygen atoms in total. The molecular weight excluding hydrogens is 338 g/mol. The van der Waals surface area contributed by atoms with E-state index in [2.05, 4.69) is 4.42 Å². The van der Waals surface area contributed by atoms with Gasteiger partial charge >= 0.3 is 17.4 Å². The van der Waals surface area contributed by atoms with Gasteiger partial charge in [0, 0.05) is 6.07 Å². The molecule has 0 atom stereocenters. The van der Waals surface area contributed by atoms with Crippen LogP contribution in [0.1, 0.15) is 12.5 Å². The van der Waals surface area contributed by atoms with Gasteiger partial charge < -0.3 is 13.9 Å². The first-order valence-corrected chi connectivity index (χ1v) is 8.08. The van der Waals surface area contributed by atoms with E-state index >= 15 is 0 Å². The van der Waals surface area contributed by atoms with Crippen molar-refractivity contribution in [3.8, 4) is 5.75 Å². The Hall–Kier alpha value is -3.35. The van der Waals surface area contributed by atoms with Crippen molar-refractivity contribution in [1.82, 2.24) is 4.57 Å². The Bertz CT molecular complexity index is 1040. The van der Waals surface area contributed by atoms with Crippen molar-refractivity contribution in [3.63, 3.8) is 0 Å². The SMILES string of the molecule is CCOC(=O)Cn1c(=O)oc(=O)c2ccc(OCc3ccccc3)cc21. The molecular formula is C19H17NO6. The summed E-state index contributed by atoms with van der Waals surface area (Å²) in [5.74, 6) is -1.06. The van der Waals surface area contributed by atoms with Crippen molar-refractivity contribution < 1.29 is 18.7 Å². The van der Waals surface area contributed by atoms with Crippen LogP contribution in [0, 0.1) is 0 Å². The number of hydrogen-bond donors (Lipinski definition) is 0. The zero-order chi connectivity index (χ0) is 18.5. The van der Waals surface area contributed by atoms with Crippen molar-refractivity contribution in [2.45, 2.75) is 20.1 Å². The van der Waals surface area contributed by atoms with Crippen LogP contribution in [0.5, 0.6) is 5.75 Å². The maximum atomic E-state index is 12.0. The van der Waals surface area contributed by atoms with Gasteiger partial charge in [-0.2, -0.15) is 0 Å². The number of carbonyl (C=O) groups is 1. The van der Waals surface area contributed by atoms with Crippen LogP contribution >= 0.6 is 0 Å². The molecule has 0 saturated heterocycles. The summed E-state index contributed by atoms with van der Waals surface area (Å²) in [7, 11) is 0. The molecule has 1 heterocycles. The molecule has 3 aromatic rings. The number of carbonyl (C=O) groups excluding carboxylic acids is 1. The lowest BCUT2D eigenvalue weighted by Crippen LogP contribution is -2.28. The van der Waals surface area contributed by atoms with E-state index in [0.29, 0.717) is 12.4 Å². The fraction of sp³-hybridized carbons (Fsp3) is 0.211. The number of hydrogen-bond acceptors (Lipinski definition) is 6. The molecule has 0 aliphatic heterocycles. The highest BCUT2D eigenvalue weighted by atomic mass is 16.5. The van der Waals surface area contributed by atoms with Crippen molar-refractivity contribution >= 4 is 16.9 Å². The van der Waals surface area contributed by atoms with Gasteiger partial charge in [0.1, 0.15) is 18.9 Å². The highest BCUT2D eigenvalue weighted by Gasteiger charge is 2.14. The van der Waals surface area contributed by atoms with Gasteiger partial charge in [-0.1, -0.05) is 30.3 Å². The number of benzene rings is 2. The van der Waals surface area contributed by atoms with Gasteiger partial charge in [0.25, 0.3) is 0 Å². The number of esters is 1. The van der Waals surface area contributed by atoms with Gasteiger partial charge in [-0.15, -0.1) is 0 Å². The highest BCUT2D eigenvalue weighted by molar-refractivity contribution is 5.80. The molecule has 0 saturated carbocycles. The number of fused-ring (bicyclic) bond motifs is 1. The van der Waals surface area contributed by atoms with Crippen LogP contribution < -0.4 is 16.1 Å². The topological polar surface area (TPSA) is 87.7 Å². The molecule has 0 fully saturated rings. The summed E-state index contributed by atoms with van der Waals surface area (Å²) in [5, 5.41) is 0.181. The van der Waals surface area contributed by atoms with E-state index in [1.165, 1.54) is 12.1 Å². The summed E-state index contributed by atoms with van der Waals surface area (Å²) >= 11 is 0. The molecule has 0 unspecified atom stereocenters. The summed E-state index contributed by atoms with van der Waals surface area (Å²) in [5.41, 5.74) is 0.466. The predicted molar refractivity (Wildman–Crippen MR) is 94.2 cm³/mol. The van der Waals surface area contributed by atoms with Crippen molar-refractivity contribution in [1.29, 1.82) is 0 Å². The van der Waals surface area contributed by atoms with E-state index in [1.54, 1.807) is 13.0 Å². The van der Waals surface area contributed by atoms with E-state index in [0.717, 1.165) is 10.1 Å². The molecule has 7 heteroatoms. The average Bonchev–Trinajstić information content (AvgIpc) is 2.64. The van der Waals surface area contributed by atoms with Gasteiger partial charge in [-0.05, 0) is 24.6 Å². The summed E-state index contributed by atoms with van der Waals surface area (Å²) in [6.45, 7) is 1.83. The van der Waals surface area contributed by atoms with Crippen LogP contribution in [-0.4, -0.2) is 17.1 Å². The molecule has 0 radical (unpaired) electrons. The average molecular weight is 355 g/mol. The van der Waals surface area contributed by atoms with Gasteiger partial charge in [0.15, 0.2) is 0 Å². The number of nitrogens with zero attached hydrogens (tertiary/aromatic N) is 1. The standard InChI is InChI=1S/C19H17NO6/c1-2-24-17(21)11-20-16-10-14(25-12-13-6-4-3-5-7-13)8-9-15(16)18(22)26-19(20)23/h3-10H,2,11-12H2,1H3. The van der Waals surface area contributed by atoms with E-state index in [-0.39, 0.29) is 24.1 Å². The number of ether oxygens (including phenoxy) is 2. The Labute approximate surface area is 148 Å². The first-order chi connectivity index (χ1) is 12.6. The lowest BCUT2D eigenvalue weighted by molar-refractivity contribution is -0.143. The molecule has 2 aromatic carbocycles. The minimum Gasteiger partial charge on any atom is -0.489 e. The van der Waals surface area contributed by atoms with E-state index in [9.17, 15) is 14.4 Å². The third kappa shape index (κ3) is 3.83. The first kappa shape index (κ1) is 17.5. The molecule has 134 valence electrons. The fourth-order valence-corrected chi connectivity index (χ4v) is 2.51. The van der Waals surface area contributed by atoms with Crippen LogP contribution in [-0.2, 0) is 22.7 Å². The normalized spacial score (nSPS) is 10.7.